The van der Waals surface area contributed by atoms with Crippen LogP contribution in [0.4, 0.5) is 0 Å². The molecule has 0 saturated carbocycles. The smallest absolute Gasteiger partial charge is 0.221 e. The van der Waals surface area contributed by atoms with Crippen LogP contribution in [0, 0.1) is 6.92 Å². The number of imidazole rings is 1. The molecule has 1 atom stereocenters. The van der Waals surface area contributed by atoms with E-state index in [1.54, 1.807) is 13.4 Å². The summed E-state index contributed by atoms with van der Waals surface area (Å²) in [7, 11) is 5.84. The molecule has 3 aromatic heterocycles. The summed E-state index contributed by atoms with van der Waals surface area (Å²) in [4.78, 5) is 26.6. The lowest BCUT2D eigenvalue weighted by atomic mass is 9.83. The molecule has 4 aromatic rings. The normalized spacial score (nSPS) is 17.8. The van der Waals surface area contributed by atoms with Gasteiger partial charge in [0.1, 0.15) is 30.2 Å². The zero-order valence-electron chi connectivity index (χ0n) is 23.4. The Balaban J connectivity index is 1.50. The number of likely N-dealkylation sites (N-methyl/N-ethyl adjacent to an activating group) is 1. The highest BCUT2D eigenvalue weighted by Gasteiger charge is 2.54. The highest BCUT2D eigenvalue weighted by Crippen LogP contribution is 2.41. The topological polar surface area (TPSA) is 124 Å². The fraction of sp³-hybridized carbons (Fsp3) is 0.414. The third-order valence-corrected chi connectivity index (χ3v) is 7.69. The molecule has 0 saturated heterocycles. The van der Waals surface area contributed by atoms with Gasteiger partial charge < -0.3 is 24.7 Å². The van der Waals surface area contributed by atoms with Crippen molar-refractivity contribution in [2.45, 2.75) is 45.1 Å². The predicted octanol–water partition coefficient (Wildman–Crippen LogP) is 4.15. The number of pyridine rings is 1. The number of nitrogens with zero attached hydrogens (tertiary/aromatic N) is 6. The number of hydrogen-bond acceptors (Lipinski definition) is 8. The molecule has 39 heavy (non-hydrogen) atoms. The van der Waals surface area contributed by atoms with E-state index in [-0.39, 0.29) is 0 Å². The van der Waals surface area contributed by atoms with Crippen LogP contribution in [-0.2, 0) is 16.7 Å². The van der Waals surface area contributed by atoms with Crippen LogP contribution in [0.15, 0.2) is 53.6 Å². The van der Waals surface area contributed by atoms with Gasteiger partial charge in [-0.3, -0.25) is 0 Å². The van der Waals surface area contributed by atoms with Gasteiger partial charge in [0.2, 0.25) is 17.3 Å². The molecule has 3 N–H and O–H groups in total. The van der Waals surface area contributed by atoms with Crippen LogP contribution < -0.4 is 10.5 Å². The molecule has 0 radical (unpaired) electrons. The number of aryl methyl sites for hydroxylation is 2. The third kappa shape index (κ3) is 4.80. The maximum absolute atomic E-state index is 6.79. The molecular weight excluding hydrogens is 492 g/mol. The number of unbranched alkanes of at least 4 members (excludes halogenated alkanes) is 1. The van der Waals surface area contributed by atoms with Crippen molar-refractivity contribution in [2.24, 2.45) is 10.7 Å². The van der Waals surface area contributed by atoms with Crippen LogP contribution in [0.5, 0.6) is 5.88 Å². The molecule has 1 unspecified atom stereocenters. The molecule has 4 heterocycles. The molecule has 0 aliphatic carbocycles. The van der Waals surface area contributed by atoms with Gasteiger partial charge in [0, 0.05) is 17.5 Å². The molecule has 0 fully saturated rings. The van der Waals surface area contributed by atoms with Crippen molar-refractivity contribution in [1.82, 2.24) is 24.9 Å². The maximum Gasteiger partial charge on any atom is 0.221 e. The quantitative estimate of drug-likeness (QED) is 0.296. The highest BCUT2D eigenvalue weighted by atomic mass is 16.5. The number of fused-ring (bicyclic) bond motifs is 2. The minimum absolute atomic E-state index is 0.416. The van der Waals surface area contributed by atoms with Gasteiger partial charge in [0.25, 0.3) is 0 Å². The molecular formula is C29H37N8O2+. The minimum Gasteiger partial charge on any atom is -0.481 e. The first-order chi connectivity index (χ1) is 18.8. The number of quaternary nitrogens is 1. The standard InChI is InChI=1S/C29H37N8O2/c1-6-7-11-21-17-20-10-8-9-12-22(20)27(35-21)39-16-15-37(3,4)29(14-13-23(38-5)36-28(29)30)25-24-26(32-18-31-24)34-19(2)33-25/h8-10,12-13,17-18H,6-7,11,14-16H2,1-5H3,(H2,30,36)(H,31,32,33,34)/q+1. The molecule has 1 aliphatic rings. The van der Waals surface area contributed by atoms with Crippen molar-refractivity contribution >= 4 is 27.8 Å². The number of nitrogens with two attached hydrogens (primary N) is 1. The molecule has 1 aromatic carbocycles. The van der Waals surface area contributed by atoms with E-state index in [0.717, 1.165) is 41.4 Å². The lowest BCUT2D eigenvalue weighted by molar-refractivity contribution is -0.937. The number of aromatic nitrogens is 5. The Bertz CT molecular complexity index is 1560. The van der Waals surface area contributed by atoms with E-state index in [1.165, 1.54) is 0 Å². The van der Waals surface area contributed by atoms with Crippen molar-refractivity contribution in [3.8, 4) is 5.88 Å². The van der Waals surface area contributed by atoms with Gasteiger partial charge in [-0.1, -0.05) is 31.5 Å². The number of ether oxygens (including phenoxy) is 2. The molecule has 0 amide bonds. The van der Waals surface area contributed by atoms with Gasteiger partial charge in [-0.15, -0.1) is 0 Å². The number of H-pyrrole nitrogens is 1. The third-order valence-electron chi connectivity index (χ3n) is 7.69. The molecule has 1 aliphatic heterocycles. The van der Waals surface area contributed by atoms with Gasteiger partial charge in [0.05, 0.1) is 27.5 Å². The lowest BCUT2D eigenvalue weighted by Crippen LogP contribution is -2.65. The van der Waals surface area contributed by atoms with E-state index in [2.05, 4.69) is 59.2 Å². The first-order valence-corrected chi connectivity index (χ1v) is 13.4. The summed E-state index contributed by atoms with van der Waals surface area (Å²) in [6, 6.07) is 10.4. The number of methoxy groups -OCH3 is 1. The van der Waals surface area contributed by atoms with Gasteiger partial charge in [-0.2, -0.15) is 4.99 Å². The van der Waals surface area contributed by atoms with E-state index in [4.69, 9.17) is 25.2 Å². The Hall–Kier alpha value is -4.05. The molecule has 10 nitrogen and oxygen atoms in total. The minimum atomic E-state index is -0.814. The summed E-state index contributed by atoms with van der Waals surface area (Å²) in [5.74, 6) is 2.20. The first kappa shape index (κ1) is 26.6. The first-order valence-electron chi connectivity index (χ1n) is 13.4. The summed E-state index contributed by atoms with van der Waals surface area (Å²) in [6.07, 6.45) is 7.26. The summed E-state index contributed by atoms with van der Waals surface area (Å²) < 4.78 is 12.3. The van der Waals surface area contributed by atoms with E-state index in [0.29, 0.717) is 58.6 Å². The van der Waals surface area contributed by atoms with Crippen LogP contribution >= 0.6 is 0 Å². The maximum atomic E-state index is 6.79. The summed E-state index contributed by atoms with van der Waals surface area (Å²) in [5.41, 5.74) is 9.11. The van der Waals surface area contributed by atoms with Crippen molar-refractivity contribution < 1.29 is 14.0 Å². The monoisotopic (exact) mass is 529 g/mol. The number of rotatable bonds is 10. The Labute approximate surface area is 228 Å². The van der Waals surface area contributed by atoms with Gasteiger partial charge >= 0.3 is 0 Å². The summed E-state index contributed by atoms with van der Waals surface area (Å²) in [6.45, 7) is 5.09. The number of nitrogens with one attached hydrogen (secondary N) is 1. The Kier molecular flexibility index (Phi) is 7.22. The number of aromatic amines is 1. The van der Waals surface area contributed by atoms with Gasteiger partial charge in [-0.05, 0) is 43.4 Å². The van der Waals surface area contributed by atoms with Gasteiger partial charge in [-0.25, -0.2) is 19.9 Å². The summed E-state index contributed by atoms with van der Waals surface area (Å²) >= 11 is 0. The fourth-order valence-corrected chi connectivity index (χ4v) is 5.40. The van der Waals surface area contributed by atoms with Crippen LogP contribution in [0.2, 0.25) is 0 Å². The number of amidine groups is 1. The molecule has 10 heteroatoms. The van der Waals surface area contributed by atoms with Crippen molar-refractivity contribution in [1.29, 1.82) is 0 Å². The molecule has 0 bridgehead atoms. The average molecular weight is 530 g/mol. The van der Waals surface area contributed by atoms with Crippen molar-refractivity contribution in [2.75, 3.05) is 34.4 Å². The zero-order valence-corrected chi connectivity index (χ0v) is 23.4. The number of aliphatic imine (C=N–C) groups is 1. The Morgan fingerprint density at radius 2 is 1.97 bits per heavy atom. The number of hydrogen-bond donors (Lipinski definition) is 2. The van der Waals surface area contributed by atoms with E-state index in [1.807, 2.05) is 25.1 Å². The van der Waals surface area contributed by atoms with E-state index >= 15 is 0 Å². The van der Waals surface area contributed by atoms with Crippen molar-refractivity contribution in [3.05, 3.63) is 65.8 Å². The predicted molar refractivity (Wildman–Crippen MR) is 152 cm³/mol. The second kappa shape index (κ2) is 10.6. The Morgan fingerprint density at radius 3 is 2.74 bits per heavy atom. The van der Waals surface area contributed by atoms with Crippen LogP contribution in [0.25, 0.3) is 21.9 Å². The lowest BCUT2D eigenvalue weighted by Gasteiger charge is -2.48. The Morgan fingerprint density at radius 1 is 1.15 bits per heavy atom. The second-order valence-electron chi connectivity index (χ2n) is 10.5. The molecule has 5 rings (SSSR count). The SMILES string of the molecule is CCCCc1cc2ccccc2c(OCC[N+](C)(C)C2(c3nc(C)nc4[nH]cnc34)CC=C(OC)N=C2N)n1. The fourth-order valence-electron chi connectivity index (χ4n) is 5.40. The van der Waals surface area contributed by atoms with Crippen LogP contribution in [0.3, 0.4) is 0 Å². The zero-order chi connectivity index (χ0) is 27.6. The average Bonchev–Trinajstić information content (AvgIpc) is 3.39. The summed E-state index contributed by atoms with van der Waals surface area (Å²) in [5, 5.41) is 2.14. The van der Waals surface area contributed by atoms with Crippen LogP contribution in [-0.4, -0.2) is 69.6 Å². The number of benzene rings is 1. The molecule has 204 valence electrons. The van der Waals surface area contributed by atoms with Crippen molar-refractivity contribution in [3.63, 3.8) is 0 Å². The second-order valence-corrected chi connectivity index (χ2v) is 10.5. The highest BCUT2D eigenvalue weighted by molar-refractivity contribution is 5.94. The van der Waals surface area contributed by atoms with Gasteiger partial charge in [0.15, 0.2) is 11.5 Å². The van der Waals surface area contributed by atoms with E-state index < -0.39 is 5.54 Å². The largest absolute Gasteiger partial charge is 0.481 e. The van der Waals surface area contributed by atoms with E-state index in [9.17, 15) is 0 Å². The molecule has 0 spiro atoms. The van der Waals surface area contributed by atoms with Crippen LogP contribution in [0.1, 0.15) is 43.4 Å².